The molecule has 0 N–H and O–H groups in total. The van der Waals surface area contributed by atoms with E-state index in [2.05, 4.69) is 0 Å². The SMILES string of the molecule is CC(C)OC(C)C.[SnH2]. The molecule has 0 fully saturated rings. The molecule has 50 valence electrons. The molecule has 0 aromatic carbocycles. The van der Waals surface area contributed by atoms with Crippen molar-refractivity contribution in [3.63, 3.8) is 0 Å². The van der Waals surface area contributed by atoms with E-state index in [1.807, 2.05) is 27.7 Å². The third kappa shape index (κ3) is 9.90. The van der Waals surface area contributed by atoms with E-state index < -0.39 is 0 Å². The fourth-order valence-corrected chi connectivity index (χ4v) is 0.544. The van der Waals surface area contributed by atoms with Crippen molar-refractivity contribution in [3.05, 3.63) is 0 Å². The minimum absolute atomic E-state index is 0. The van der Waals surface area contributed by atoms with Crippen LogP contribution in [0, 0.1) is 0 Å². The molecule has 0 unspecified atom stereocenters. The summed E-state index contributed by atoms with van der Waals surface area (Å²) in [4.78, 5) is 0. The van der Waals surface area contributed by atoms with Gasteiger partial charge >= 0.3 is 23.9 Å². The predicted octanol–water partition coefficient (Wildman–Crippen LogP) is 0.904. The summed E-state index contributed by atoms with van der Waals surface area (Å²) in [7, 11) is 0. The molecule has 2 radical (unpaired) electrons. The molecule has 1 nitrogen and oxygen atoms in total. The van der Waals surface area contributed by atoms with Crippen LogP contribution < -0.4 is 0 Å². The predicted molar refractivity (Wildman–Crippen MR) is 39.9 cm³/mol. The van der Waals surface area contributed by atoms with Gasteiger partial charge in [-0.1, -0.05) is 0 Å². The van der Waals surface area contributed by atoms with Crippen molar-refractivity contribution in [1.29, 1.82) is 0 Å². The zero-order chi connectivity index (χ0) is 5.86. The van der Waals surface area contributed by atoms with Gasteiger partial charge in [0.05, 0.1) is 12.2 Å². The van der Waals surface area contributed by atoms with E-state index in [1.165, 1.54) is 0 Å². The summed E-state index contributed by atoms with van der Waals surface area (Å²) < 4.78 is 5.25. The van der Waals surface area contributed by atoms with Crippen molar-refractivity contribution in [3.8, 4) is 0 Å². The van der Waals surface area contributed by atoms with E-state index in [4.69, 9.17) is 4.74 Å². The number of ether oxygens (including phenoxy) is 1. The van der Waals surface area contributed by atoms with Gasteiger partial charge in [-0.25, -0.2) is 0 Å². The molecule has 0 aromatic rings. The van der Waals surface area contributed by atoms with Gasteiger partial charge in [-0.05, 0) is 27.7 Å². The maximum atomic E-state index is 5.25. The normalized spacial score (nSPS) is 9.75. The van der Waals surface area contributed by atoms with Crippen molar-refractivity contribution < 1.29 is 4.74 Å². The van der Waals surface area contributed by atoms with Crippen LogP contribution in [0.25, 0.3) is 0 Å². The Balaban J connectivity index is 0. The van der Waals surface area contributed by atoms with Crippen LogP contribution in [-0.2, 0) is 4.74 Å². The molecule has 0 atom stereocenters. The molecule has 0 spiro atoms. The van der Waals surface area contributed by atoms with Gasteiger partial charge in [-0.15, -0.1) is 0 Å². The molecule has 0 saturated carbocycles. The van der Waals surface area contributed by atoms with Crippen molar-refractivity contribution in [2.24, 2.45) is 0 Å². The van der Waals surface area contributed by atoms with Crippen LogP contribution in [0.5, 0.6) is 0 Å². The van der Waals surface area contributed by atoms with Crippen molar-refractivity contribution in [2.45, 2.75) is 39.9 Å². The molecule has 2 heteroatoms. The summed E-state index contributed by atoms with van der Waals surface area (Å²) in [5, 5.41) is 0. The second-order valence-electron chi connectivity index (χ2n) is 2.23. The third-order valence-corrected chi connectivity index (χ3v) is 0.544. The molecule has 0 aliphatic carbocycles. The van der Waals surface area contributed by atoms with Crippen molar-refractivity contribution >= 4 is 23.9 Å². The Kier molecular flexibility index (Phi) is 8.49. The Hall–Kier alpha value is 0.759. The Bertz CT molecular complexity index is 37.8. The van der Waals surface area contributed by atoms with Gasteiger partial charge in [0.25, 0.3) is 0 Å². The fourth-order valence-electron chi connectivity index (χ4n) is 0.544. The Morgan fingerprint density at radius 3 is 1.12 bits per heavy atom. The zero-order valence-electron chi connectivity index (χ0n) is 6.27. The molecule has 0 aromatic heterocycles. The molecule has 0 aliphatic rings. The third-order valence-electron chi connectivity index (χ3n) is 0.544. The average molecular weight is 223 g/mol. The van der Waals surface area contributed by atoms with Gasteiger partial charge in [-0.2, -0.15) is 0 Å². The Labute approximate surface area is 68.8 Å². The van der Waals surface area contributed by atoms with Crippen molar-refractivity contribution in [1.82, 2.24) is 0 Å². The molecule has 0 heterocycles. The van der Waals surface area contributed by atoms with E-state index in [0.717, 1.165) is 0 Å². The molecule has 0 aliphatic heterocycles. The number of hydrogen-bond donors (Lipinski definition) is 0. The number of rotatable bonds is 2. The second kappa shape index (κ2) is 5.89. The first kappa shape index (κ1) is 11.5. The van der Waals surface area contributed by atoms with Crippen molar-refractivity contribution in [2.75, 3.05) is 0 Å². The first-order chi connectivity index (χ1) is 3.13. The maximum absolute atomic E-state index is 5.25. The van der Waals surface area contributed by atoms with E-state index in [-0.39, 0.29) is 23.9 Å². The molecule has 0 rings (SSSR count). The minimum atomic E-state index is 0. The van der Waals surface area contributed by atoms with Gasteiger partial charge in [-0.3, -0.25) is 0 Å². The molecule has 0 bridgehead atoms. The first-order valence-corrected chi connectivity index (χ1v) is 2.78. The Morgan fingerprint density at radius 2 is 1.12 bits per heavy atom. The van der Waals surface area contributed by atoms with Gasteiger partial charge in [0, 0.05) is 0 Å². The summed E-state index contributed by atoms with van der Waals surface area (Å²) in [6.45, 7) is 8.17. The molecule has 8 heavy (non-hydrogen) atoms. The van der Waals surface area contributed by atoms with Crippen LogP contribution in [0.3, 0.4) is 0 Å². The van der Waals surface area contributed by atoms with Crippen LogP contribution in [0.15, 0.2) is 0 Å². The van der Waals surface area contributed by atoms with E-state index in [9.17, 15) is 0 Å². The van der Waals surface area contributed by atoms with Crippen LogP contribution in [0.1, 0.15) is 27.7 Å². The first-order valence-electron chi connectivity index (χ1n) is 2.78. The summed E-state index contributed by atoms with van der Waals surface area (Å²) in [5.74, 6) is 0. The van der Waals surface area contributed by atoms with Crippen LogP contribution in [-0.4, -0.2) is 36.1 Å². The van der Waals surface area contributed by atoms with Gasteiger partial charge < -0.3 is 4.74 Å². The summed E-state index contributed by atoms with van der Waals surface area (Å²) in [5.41, 5.74) is 0. The molecular weight excluding hydrogens is 207 g/mol. The van der Waals surface area contributed by atoms with E-state index >= 15 is 0 Å². The van der Waals surface area contributed by atoms with E-state index in [0.29, 0.717) is 12.2 Å². The van der Waals surface area contributed by atoms with Gasteiger partial charge in [0.2, 0.25) is 0 Å². The summed E-state index contributed by atoms with van der Waals surface area (Å²) in [6, 6.07) is 0. The number of hydrogen-bond acceptors (Lipinski definition) is 1. The standard InChI is InChI=1S/C6H14O.Sn.2H/c1-5(2)7-6(3)4;;;/h5-6H,1-4H3;;;. The Morgan fingerprint density at radius 1 is 0.875 bits per heavy atom. The van der Waals surface area contributed by atoms with Crippen LogP contribution >= 0.6 is 0 Å². The molecular formula is C6H16OSn. The second-order valence-corrected chi connectivity index (χ2v) is 2.23. The summed E-state index contributed by atoms with van der Waals surface area (Å²) in [6.07, 6.45) is 0.750. The van der Waals surface area contributed by atoms with E-state index in [1.54, 1.807) is 0 Å². The van der Waals surface area contributed by atoms with Gasteiger partial charge in [0.15, 0.2) is 0 Å². The zero-order valence-corrected chi connectivity index (χ0v) is 10.3. The van der Waals surface area contributed by atoms with Crippen LogP contribution in [0.4, 0.5) is 0 Å². The molecule has 0 saturated heterocycles. The quantitative estimate of drug-likeness (QED) is 0.632. The topological polar surface area (TPSA) is 9.23 Å². The fraction of sp³-hybridized carbons (Fsp3) is 1.00. The van der Waals surface area contributed by atoms with Crippen LogP contribution in [0.2, 0.25) is 0 Å². The average Bonchev–Trinajstić information content (AvgIpc) is 1.27. The van der Waals surface area contributed by atoms with Gasteiger partial charge in [0.1, 0.15) is 0 Å². The summed E-state index contributed by atoms with van der Waals surface area (Å²) >= 11 is 0. The molecule has 0 amide bonds. The monoisotopic (exact) mass is 224 g/mol.